The van der Waals surface area contributed by atoms with E-state index in [4.69, 9.17) is 0 Å². The molecule has 0 radical (unpaired) electrons. The summed E-state index contributed by atoms with van der Waals surface area (Å²) < 4.78 is 2.22. The van der Waals surface area contributed by atoms with Gasteiger partial charge in [0.25, 0.3) is 0 Å². The molecule has 0 aliphatic carbocycles. The van der Waals surface area contributed by atoms with Crippen molar-refractivity contribution in [2.24, 2.45) is 0 Å². The molecule has 0 N–H and O–H groups in total. The molecule has 3 heteroatoms. The lowest BCUT2D eigenvalue weighted by Crippen LogP contribution is -2.04. The predicted octanol–water partition coefficient (Wildman–Crippen LogP) is 4.28. The lowest BCUT2D eigenvalue weighted by atomic mass is 10.0. The van der Waals surface area contributed by atoms with Crippen LogP contribution >= 0.6 is 11.3 Å². The van der Waals surface area contributed by atoms with Crippen LogP contribution < -0.4 is 0 Å². The molecule has 1 aromatic carbocycles. The maximum Gasteiger partial charge on any atom is 0.150 e. The summed E-state index contributed by atoms with van der Waals surface area (Å²) in [6.45, 7) is 5.22. The first-order valence-electron chi connectivity index (χ1n) is 6.36. The van der Waals surface area contributed by atoms with Crippen molar-refractivity contribution in [3.63, 3.8) is 0 Å². The fraction of sp³-hybridized carbons (Fsp3) is 0.188. The third-order valence-electron chi connectivity index (χ3n) is 3.43. The second-order valence-electron chi connectivity index (χ2n) is 4.73. The highest BCUT2D eigenvalue weighted by atomic mass is 32.1. The van der Waals surface area contributed by atoms with E-state index in [-0.39, 0.29) is 0 Å². The van der Waals surface area contributed by atoms with Crippen molar-refractivity contribution >= 4 is 11.3 Å². The van der Waals surface area contributed by atoms with Crippen LogP contribution in [-0.4, -0.2) is 9.55 Å². The Morgan fingerprint density at radius 3 is 2.58 bits per heavy atom. The molecular formula is C16H16N2S. The molecule has 3 aromatic rings. The molecule has 0 atom stereocenters. The lowest BCUT2D eigenvalue weighted by molar-refractivity contribution is 0.797. The van der Waals surface area contributed by atoms with E-state index in [1.165, 1.54) is 21.6 Å². The van der Waals surface area contributed by atoms with E-state index in [1.54, 1.807) is 11.3 Å². The van der Waals surface area contributed by atoms with E-state index in [0.717, 1.165) is 12.4 Å². The van der Waals surface area contributed by atoms with Crippen LogP contribution in [0.5, 0.6) is 0 Å². The number of imidazole rings is 1. The first-order chi connectivity index (χ1) is 9.25. The molecule has 3 rings (SSSR count). The Kier molecular flexibility index (Phi) is 3.22. The summed E-state index contributed by atoms with van der Waals surface area (Å²) in [7, 11) is 0. The minimum absolute atomic E-state index is 0.881. The standard InChI is InChI=1S/C16H16N2S/c1-12-5-3-6-13(2)14(12)11-18-9-8-17-16(18)15-7-4-10-19-15/h3-10H,11H2,1-2H3. The molecule has 2 aromatic heterocycles. The van der Waals surface area contributed by atoms with E-state index in [9.17, 15) is 0 Å². The van der Waals surface area contributed by atoms with Gasteiger partial charge >= 0.3 is 0 Å². The molecule has 0 spiro atoms. The highest BCUT2D eigenvalue weighted by molar-refractivity contribution is 7.13. The van der Waals surface area contributed by atoms with Gasteiger partial charge in [0.1, 0.15) is 5.82 Å². The van der Waals surface area contributed by atoms with E-state index >= 15 is 0 Å². The minimum Gasteiger partial charge on any atom is -0.326 e. The summed E-state index contributed by atoms with van der Waals surface area (Å²) in [6, 6.07) is 10.6. The SMILES string of the molecule is Cc1cccc(C)c1Cn1ccnc1-c1cccs1. The van der Waals surface area contributed by atoms with Gasteiger partial charge in [0.15, 0.2) is 0 Å². The largest absolute Gasteiger partial charge is 0.326 e. The Labute approximate surface area is 117 Å². The van der Waals surface area contributed by atoms with Gasteiger partial charge in [0, 0.05) is 18.9 Å². The Morgan fingerprint density at radius 1 is 1.11 bits per heavy atom. The summed E-state index contributed by atoms with van der Waals surface area (Å²) in [6.07, 6.45) is 3.93. The van der Waals surface area contributed by atoms with Crippen molar-refractivity contribution in [3.8, 4) is 10.7 Å². The molecule has 2 heterocycles. The lowest BCUT2D eigenvalue weighted by Gasteiger charge is -2.12. The van der Waals surface area contributed by atoms with Crippen LogP contribution in [-0.2, 0) is 6.54 Å². The smallest absolute Gasteiger partial charge is 0.150 e. The van der Waals surface area contributed by atoms with Gasteiger partial charge < -0.3 is 4.57 Å². The molecule has 2 nitrogen and oxygen atoms in total. The van der Waals surface area contributed by atoms with Gasteiger partial charge in [-0.3, -0.25) is 0 Å². The monoisotopic (exact) mass is 268 g/mol. The Bertz CT molecular complexity index is 660. The number of hydrogen-bond acceptors (Lipinski definition) is 2. The zero-order valence-electron chi connectivity index (χ0n) is 11.1. The second-order valence-corrected chi connectivity index (χ2v) is 5.67. The van der Waals surface area contributed by atoms with E-state index in [2.05, 4.69) is 65.3 Å². The molecule has 0 aliphatic heterocycles. The van der Waals surface area contributed by atoms with Gasteiger partial charge in [0.2, 0.25) is 0 Å². The molecule has 0 unspecified atom stereocenters. The van der Waals surface area contributed by atoms with Crippen molar-refractivity contribution in [1.82, 2.24) is 9.55 Å². The third kappa shape index (κ3) is 2.34. The highest BCUT2D eigenvalue weighted by Crippen LogP contribution is 2.24. The fourth-order valence-corrected chi connectivity index (χ4v) is 3.07. The predicted molar refractivity (Wildman–Crippen MR) is 80.6 cm³/mol. The van der Waals surface area contributed by atoms with E-state index in [1.807, 2.05) is 6.20 Å². The van der Waals surface area contributed by atoms with Gasteiger partial charge in [-0.15, -0.1) is 11.3 Å². The summed E-state index contributed by atoms with van der Waals surface area (Å²) in [5.74, 6) is 1.05. The third-order valence-corrected chi connectivity index (χ3v) is 4.30. The van der Waals surface area contributed by atoms with Crippen molar-refractivity contribution in [2.45, 2.75) is 20.4 Å². The van der Waals surface area contributed by atoms with Crippen LogP contribution in [0.2, 0.25) is 0 Å². The van der Waals surface area contributed by atoms with Gasteiger partial charge in [-0.1, -0.05) is 24.3 Å². The number of benzene rings is 1. The van der Waals surface area contributed by atoms with Crippen LogP contribution in [0.3, 0.4) is 0 Å². The number of rotatable bonds is 3. The first kappa shape index (κ1) is 12.2. The topological polar surface area (TPSA) is 17.8 Å². The van der Waals surface area contributed by atoms with Crippen LogP contribution in [0.1, 0.15) is 16.7 Å². The maximum absolute atomic E-state index is 4.49. The molecule has 0 fully saturated rings. The molecule has 0 saturated carbocycles. The van der Waals surface area contributed by atoms with Crippen LogP contribution in [0.25, 0.3) is 10.7 Å². The van der Waals surface area contributed by atoms with Crippen LogP contribution in [0, 0.1) is 13.8 Å². The number of aromatic nitrogens is 2. The van der Waals surface area contributed by atoms with Gasteiger partial charge in [-0.25, -0.2) is 4.98 Å². The molecule has 96 valence electrons. The quantitative estimate of drug-likeness (QED) is 0.693. The van der Waals surface area contributed by atoms with Crippen molar-refractivity contribution in [3.05, 3.63) is 64.8 Å². The molecule has 19 heavy (non-hydrogen) atoms. The average molecular weight is 268 g/mol. The zero-order valence-corrected chi connectivity index (χ0v) is 11.9. The van der Waals surface area contributed by atoms with Crippen LogP contribution in [0.4, 0.5) is 0 Å². The minimum atomic E-state index is 0.881. The Hall–Kier alpha value is -1.87. The van der Waals surface area contributed by atoms with Gasteiger partial charge in [-0.2, -0.15) is 0 Å². The number of hydrogen-bond donors (Lipinski definition) is 0. The van der Waals surface area contributed by atoms with E-state index < -0.39 is 0 Å². The summed E-state index contributed by atoms with van der Waals surface area (Å²) in [4.78, 5) is 5.71. The number of thiophene rings is 1. The summed E-state index contributed by atoms with van der Waals surface area (Å²) in [5.41, 5.74) is 4.06. The van der Waals surface area contributed by atoms with E-state index in [0.29, 0.717) is 0 Å². The zero-order chi connectivity index (χ0) is 13.2. The Morgan fingerprint density at radius 2 is 1.89 bits per heavy atom. The number of nitrogens with zero attached hydrogens (tertiary/aromatic N) is 2. The second kappa shape index (κ2) is 5.02. The fourth-order valence-electron chi connectivity index (χ4n) is 2.34. The first-order valence-corrected chi connectivity index (χ1v) is 7.24. The molecular weight excluding hydrogens is 252 g/mol. The highest BCUT2D eigenvalue weighted by Gasteiger charge is 2.09. The molecule has 0 aliphatic rings. The van der Waals surface area contributed by atoms with Gasteiger partial charge in [0.05, 0.1) is 4.88 Å². The summed E-state index contributed by atoms with van der Waals surface area (Å²) in [5, 5.41) is 2.09. The molecule has 0 bridgehead atoms. The van der Waals surface area contributed by atoms with Crippen molar-refractivity contribution in [1.29, 1.82) is 0 Å². The Balaban J connectivity index is 1.99. The molecule has 0 amide bonds. The van der Waals surface area contributed by atoms with Crippen molar-refractivity contribution < 1.29 is 0 Å². The normalized spacial score (nSPS) is 10.8. The van der Waals surface area contributed by atoms with Crippen LogP contribution in [0.15, 0.2) is 48.1 Å². The average Bonchev–Trinajstić information content (AvgIpc) is 3.04. The van der Waals surface area contributed by atoms with Gasteiger partial charge in [-0.05, 0) is 42.0 Å². The number of aryl methyl sites for hydroxylation is 2. The maximum atomic E-state index is 4.49. The molecule has 0 saturated heterocycles. The summed E-state index contributed by atoms with van der Waals surface area (Å²) >= 11 is 1.73. The van der Waals surface area contributed by atoms with Crippen molar-refractivity contribution in [2.75, 3.05) is 0 Å².